The number of furan rings is 1. The maximum absolute atomic E-state index is 14.4. The number of benzene rings is 2. The molecule has 0 aliphatic rings. The second kappa shape index (κ2) is 10.9. The zero-order chi connectivity index (χ0) is 28.3. The van der Waals surface area contributed by atoms with Gasteiger partial charge in [-0.15, -0.1) is 0 Å². The van der Waals surface area contributed by atoms with Crippen LogP contribution < -0.4 is 5.56 Å². The molecule has 0 N–H and O–H groups in total. The number of nitriles is 1. The molecule has 0 radical (unpaired) electrons. The Labute approximate surface area is 218 Å². The van der Waals surface area contributed by atoms with Gasteiger partial charge >= 0.3 is 12.1 Å². The molecule has 4 rings (SSSR count). The van der Waals surface area contributed by atoms with Crippen LogP contribution in [0.5, 0.6) is 0 Å². The number of nitrogens with zero attached hydrogens (tertiary/aromatic N) is 2. The number of carbonyl (C=O) groups is 1. The third-order valence-corrected chi connectivity index (χ3v) is 6.02. The average molecular weight is 542 g/mol. The molecule has 2 aromatic heterocycles. The molecule has 0 atom stereocenters. The van der Waals surface area contributed by atoms with E-state index in [9.17, 15) is 36.8 Å². The summed E-state index contributed by atoms with van der Waals surface area (Å²) in [6.07, 6.45) is -3.23. The van der Waals surface area contributed by atoms with Gasteiger partial charge in [0.15, 0.2) is 5.76 Å². The molecule has 2 heterocycles. The number of methoxy groups -OCH3 is 1. The van der Waals surface area contributed by atoms with Gasteiger partial charge in [-0.3, -0.25) is 14.2 Å². The molecule has 11 heteroatoms. The predicted molar refractivity (Wildman–Crippen MR) is 129 cm³/mol. The molecule has 0 fully saturated rings. The highest BCUT2D eigenvalue weighted by Gasteiger charge is 2.37. The number of hydrogen-bond donors (Lipinski definition) is 0. The first-order valence-corrected chi connectivity index (χ1v) is 11.5. The van der Waals surface area contributed by atoms with Gasteiger partial charge in [-0.05, 0) is 35.7 Å². The van der Waals surface area contributed by atoms with E-state index in [1.807, 2.05) is 0 Å². The van der Waals surface area contributed by atoms with Crippen LogP contribution in [0.1, 0.15) is 28.7 Å². The van der Waals surface area contributed by atoms with E-state index in [0.717, 1.165) is 22.3 Å². The minimum atomic E-state index is -5.04. The maximum Gasteiger partial charge on any atom is 0.417 e. The first-order chi connectivity index (χ1) is 18.5. The number of halogens is 5. The second-order valence-corrected chi connectivity index (χ2v) is 8.53. The third-order valence-electron chi connectivity index (χ3n) is 6.02. The van der Waals surface area contributed by atoms with Crippen LogP contribution in [0.3, 0.4) is 0 Å². The van der Waals surface area contributed by atoms with Gasteiger partial charge in [0.05, 0.1) is 31.2 Å². The normalized spacial score (nSPS) is 11.3. The van der Waals surface area contributed by atoms with Crippen LogP contribution in [0.2, 0.25) is 0 Å². The van der Waals surface area contributed by atoms with Crippen LogP contribution in [0.25, 0.3) is 22.6 Å². The van der Waals surface area contributed by atoms with Crippen molar-refractivity contribution in [2.75, 3.05) is 7.11 Å². The first kappa shape index (κ1) is 27.3. The molecule has 39 heavy (non-hydrogen) atoms. The summed E-state index contributed by atoms with van der Waals surface area (Å²) < 4.78 is 80.1. The number of aromatic nitrogens is 1. The van der Waals surface area contributed by atoms with Crippen molar-refractivity contribution in [2.24, 2.45) is 0 Å². The zero-order valence-corrected chi connectivity index (χ0v) is 20.3. The Balaban J connectivity index is 1.82. The Morgan fingerprint density at radius 1 is 1.08 bits per heavy atom. The molecule has 0 aliphatic heterocycles. The molecule has 0 saturated heterocycles. The number of aryl methyl sites for hydroxylation is 1. The van der Waals surface area contributed by atoms with Crippen molar-refractivity contribution in [3.05, 3.63) is 105 Å². The molecule has 0 amide bonds. The largest absolute Gasteiger partial charge is 0.469 e. The van der Waals surface area contributed by atoms with Gasteiger partial charge in [-0.2, -0.15) is 18.4 Å². The van der Waals surface area contributed by atoms with E-state index in [1.165, 1.54) is 25.5 Å². The lowest BCUT2D eigenvalue weighted by molar-refractivity contribution is -0.140. The Hall–Kier alpha value is -4.72. The van der Waals surface area contributed by atoms with E-state index in [2.05, 4.69) is 4.74 Å². The fourth-order valence-corrected chi connectivity index (χ4v) is 4.04. The molecular weight excluding hydrogens is 523 g/mol. The molecule has 6 nitrogen and oxygen atoms in total. The molecule has 200 valence electrons. The number of esters is 1. The van der Waals surface area contributed by atoms with Crippen LogP contribution in [-0.2, 0) is 28.7 Å². The summed E-state index contributed by atoms with van der Waals surface area (Å²) >= 11 is 0. The molecule has 4 aromatic rings. The van der Waals surface area contributed by atoms with Gasteiger partial charge in [-0.25, -0.2) is 8.78 Å². The van der Waals surface area contributed by atoms with Crippen molar-refractivity contribution >= 4 is 5.97 Å². The summed E-state index contributed by atoms with van der Waals surface area (Å²) in [7, 11) is 1.28. The standard InChI is InChI=1S/C28H19F5N2O4/c1-38-26(36)8-5-16-3-2-4-17(9-16)19-10-25(39-15-19)24-12-22(28(31,32)33)21(13-34)27(37)35(24)14-18-6-7-20(29)11-23(18)30/h2-4,6-7,9-12,15H,5,8,14H2,1H3. The van der Waals surface area contributed by atoms with Gasteiger partial charge in [0, 0.05) is 23.6 Å². The minimum Gasteiger partial charge on any atom is -0.469 e. The SMILES string of the molecule is COC(=O)CCc1cccc(-c2coc(-c3cc(C(F)(F)F)c(C#N)c(=O)n3Cc3ccc(F)cc3F)c2)c1. The van der Waals surface area contributed by atoms with Crippen molar-refractivity contribution in [1.29, 1.82) is 5.26 Å². The van der Waals surface area contributed by atoms with Crippen molar-refractivity contribution in [1.82, 2.24) is 4.57 Å². The molecule has 0 spiro atoms. The fraction of sp³-hybridized carbons (Fsp3) is 0.179. The Morgan fingerprint density at radius 3 is 2.51 bits per heavy atom. The number of rotatable bonds is 7. The highest BCUT2D eigenvalue weighted by atomic mass is 19.4. The molecule has 0 aliphatic carbocycles. The summed E-state index contributed by atoms with van der Waals surface area (Å²) in [6.45, 7) is -0.591. The van der Waals surface area contributed by atoms with Crippen molar-refractivity contribution < 1.29 is 35.9 Å². The van der Waals surface area contributed by atoms with E-state index >= 15 is 0 Å². The maximum atomic E-state index is 14.4. The molecule has 0 unspecified atom stereocenters. The van der Waals surface area contributed by atoms with E-state index in [4.69, 9.17) is 4.42 Å². The number of pyridine rings is 1. The highest BCUT2D eigenvalue weighted by molar-refractivity contribution is 5.71. The molecule has 0 bridgehead atoms. The highest BCUT2D eigenvalue weighted by Crippen LogP contribution is 2.35. The Kier molecular flexibility index (Phi) is 7.67. The average Bonchev–Trinajstić information content (AvgIpc) is 3.39. The monoisotopic (exact) mass is 542 g/mol. The lowest BCUT2D eigenvalue weighted by Crippen LogP contribution is -2.29. The van der Waals surface area contributed by atoms with Gasteiger partial charge in [-0.1, -0.05) is 30.3 Å². The summed E-state index contributed by atoms with van der Waals surface area (Å²) in [5, 5.41) is 9.34. The lowest BCUT2D eigenvalue weighted by atomic mass is 10.0. The number of alkyl halides is 3. The molecular formula is C28H19F5N2O4. The van der Waals surface area contributed by atoms with Crippen LogP contribution in [0.4, 0.5) is 22.0 Å². The van der Waals surface area contributed by atoms with Crippen LogP contribution in [0.15, 0.2) is 70.1 Å². The number of carbonyl (C=O) groups excluding carboxylic acids is 1. The molecule has 0 saturated carbocycles. The van der Waals surface area contributed by atoms with E-state index in [1.54, 1.807) is 24.3 Å². The van der Waals surface area contributed by atoms with Crippen LogP contribution in [-0.4, -0.2) is 17.6 Å². The quantitative estimate of drug-likeness (QED) is 0.208. The number of ether oxygens (including phenoxy) is 1. The van der Waals surface area contributed by atoms with Gasteiger partial charge in [0.1, 0.15) is 23.3 Å². The lowest BCUT2D eigenvalue weighted by Gasteiger charge is -2.16. The number of hydrogen-bond acceptors (Lipinski definition) is 5. The van der Waals surface area contributed by atoms with E-state index in [0.29, 0.717) is 29.7 Å². The topological polar surface area (TPSA) is 85.2 Å². The summed E-state index contributed by atoms with van der Waals surface area (Å²) in [6, 6.07) is 12.9. The van der Waals surface area contributed by atoms with Crippen molar-refractivity contribution in [3.63, 3.8) is 0 Å². The van der Waals surface area contributed by atoms with Crippen LogP contribution in [0, 0.1) is 23.0 Å². The first-order valence-electron chi connectivity index (χ1n) is 11.5. The summed E-state index contributed by atoms with van der Waals surface area (Å²) in [4.78, 5) is 24.5. The Bertz CT molecular complexity index is 1650. The molecule has 2 aromatic carbocycles. The third kappa shape index (κ3) is 5.90. The van der Waals surface area contributed by atoms with Gasteiger partial charge < -0.3 is 9.15 Å². The van der Waals surface area contributed by atoms with Gasteiger partial charge in [0.25, 0.3) is 5.56 Å². The summed E-state index contributed by atoms with van der Waals surface area (Å²) in [5.41, 5.74) is -2.62. The van der Waals surface area contributed by atoms with Crippen molar-refractivity contribution in [2.45, 2.75) is 25.6 Å². The summed E-state index contributed by atoms with van der Waals surface area (Å²) in [5.74, 6) is -2.43. The van der Waals surface area contributed by atoms with E-state index in [-0.39, 0.29) is 29.4 Å². The smallest absolute Gasteiger partial charge is 0.417 e. The van der Waals surface area contributed by atoms with Crippen molar-refractivity contribution in [3.8, 4) is 28.7 Å². The van der Waals surface area contributed by atoms with Gasteiger partial charge in [0.2, 0.25) is 0 Å². The van der Waals surface area contributed by atoms with Crippen LogP contribution >= 0.6 is 0 Å². The predicted octanol–water partition coefficient (Wildman–Crippen LogP) is 6.10. The zero-order valence-electron chi connectivity index (χ0n) is 20.3. The fourth-order valence-electron chi connectivity index (χ4n) is 4.04. The van der Waals surface area contributed by atoms with E-state index < -0.39 is 41.0 Å². The Morgan fingerprint density at radius 2 is 1.85 bits per heavy atom. The second-order valence-electron chi connectivity index (χ2n) is 8.53. The minimum absolute atomic E-state index is 0.147.